The van der Waals surface area contributed by atoms with E-state index in [2.05, 4.69) is 10.3 Å². The van der Waals surface area contributed by atoms with Gasteiger partial charge in [-0.2, -0.15) is 0 Å². The molecule has 0 bridgehead atoms. The van der Waals surface area contributed by atoms with E-state index in [0.29, 0.717) is 45.2 Å². The number of rotatable bonds is 6. The molecule has 9 heteroatoms. The maximum atomic E-state index is 13.3. The van der Waals surface area contributed by atoms with Gasteiger partial charge < -0.3 is 19.8 Å². The minimum absolute atomic E-state index is 0.163. The molecular formula is C24H20ClN3O4S. The number of fused-ring (bicyclic) bond motifs is 1. The van der Waals surface area contributed by atoms with Gasteiger partial charge in [-0.3, -0.25) is 9.59 Å². The van der Waals surface area contributed by atoms with Gasteiger partial charge in [-0.25, -0.2) is 4.57 Å². The van der Waals surface area contributed by atoms with Crippen LogP contribution in [-0.4, -0.2) is 29.7 Å². The number of H-pyrrole nitrogens is 1. The molecule has 2 N–H and O–H groups in total. The number of carbonyl (C=O) groups is 1. The van der Waals surface area contributed by atoms with Gasteiger partial charge in [-0.15, -0.1) is 0 Å². The molecule has 0 aliphatic rings. The smallest absolute Gasteiger partial charge is 0.266 e. The highest BCUT2D eigenvalue weighted by Crippen LogP contribution is 2.27. The van der Waals surface area contributed by atoms with Crippen LogP contribution in [-0.2, 0) is 6.54 Å². The summed E-state index contributed by atoms with van der Waals surface area (Å²) >= 11 is 11.5. The summed E-state index contributed by atoms with van der Waals surface area (Å²) in [6.07, 6.45) is 0. The Morgan fingerprint density at radius 1 is 1.09 bits per heavy atom. The Balaban J connectivity index is 1.70. The Kier molecular flexibility index (Phi) is 6.48. The topological polar surface area (TPSA) is 85.3 Å². The molecule has 33 heavy (non-hydrogen) atoms. The van der Waals surface area contributed by atoms with Gasteiger partial charge in [0.25, 0.3) is 11.5 Å². The van der Waals surface area contributed by atoms with Crippen LogP contribution < -0.4 is 20.3 Å². The lowest BCUT2D eigenvalue weighted by atomic mass is 10.1. The number of nitrogens with one attached hydrogen (secondary N) is 2. The standard InChI is InChI=1S/C24H20ClN3O4S/c1-31-17-7-9-21(32-2)20(12-17)28-23(30)18-8-6-15(11-19(18)27-24(28)33)22(29)26-13-14-4-3-5-16(25)10-14/h3-12H,13H2,1-2H3,(H,26,29)(H,27,33). The summed E-state index contributed by atoms with van der Waals surface area (Å²) < 4.78 is 12.2. The van der Waals surface area contributed by atoms with Crippen LogP contribution in [0, 0.1) is 4.77 Å². The molecule has 7 nitrogen and oxygen atoms in total. The third-order valence-electron chi connectivity index (χ3n) is 5.13. The van der Waals surface area contributed by atoms with E-state index < -0.39 is 0 Å². The average Bonchev–Trinajstić information content (AvgIpc) is 2.82. The summed E-state index contributed by atoms with van der Waals surface area (Å²) in [6.45, 7) is 0.324. The van der Waals surface area contributed by atoms with Crippen molar-refractivity contribution in [2.24, 2.45) is 0 Å². The molecule has 0 unspecified atom stereocenters. The molecule has 168 valence electrons. The van der Waals surface area contributed by atoms with Gasteiger partial charge in [0.05, 0.1) is 30.8 Å². The first-order valence-corrected chi connectivity index (χ1v) is 10.7. The van der Waals surface area contributed by atoms with Crippen LogP contribution in [0.1, 0.15) is 15.9 Å². The van der Waals surface area contributed by atoms with Crippen molar-refractivity contribution in [1.29, 1.82) is 0 Å². The van der Waals surface area contributed by atoms with Crippen LogP contribution in [0.25, 0.3) is 16.6 Å². The fraction of sp³-hybridized carbons (Fsp3) is 0.125. The molecule has 0 aliphatic heterocycles. The fourth-order valence-electron chi connectivity index (χ4n) is 3.48. The quantitative estimate of drug-likeness (QED) is 0.391. The Labute approximate surface area is 199 Å². The maximum Gasteiger partial charge on any atom is 0.266 e. The van der Waals surface area contributed by atoms with Crippen molar-refractivity contribution in [2.75, 3.05) is 14.2 Å². The summed E-state index contributed by atoms with van der Waals surface area (Å²) in [7, 11) is 3.05. The molecule has 0 fully saturated rings. The second kappa shape index (κ2) is 9.48. The number of carbonyl (C=O) groups excluding carboxylic acids is 1. The van der Waals surface area contributed by atoms with E-state index in [1.807, 2.05) is 12.1 Å². The van der Waals surface area contributed by atoms with Crippen molar-refractivity contribution in [3.8, 4) is 17.2 Å². The minimum Gasteiger partial charge on any atom is -0.497 e. The van der Waals surface area contributed by atoms with E-state index in [-0.39, 0.29) is 16.2 Å². The van der Waals surface area contributed by atoms with Crippen LogP contribution in [0.5, 0.6) is 11.5 Å². The van der Waals surface area contributed by atoms with Crippen molar-refractivity contribution in [1.82, 2.24) is 14.9 Å². The van der Waals surface area contributed by atoms with Crippen molar-refractivity contribution >= 4 is 40.6 Å². The molecule has 0 atom stereocenters. The van der Waals surface area contributed by atoms with Gasteiger partial charge in [-0.05, 0) is 60.2 Å². The molecule has 0 saturated carbocycles. The third-order valence-corrected chi connectivity index (χ3v) is 5.65. The van der Waals surface area contributed by atoms with E-state index in [4.69, 9.17) is 33.3 Å². The van der Waals surface area contributed by atoms with E-state index in [1.54, 1.807) is 48.5 Å². The zero-order valence-electron chi connectivity index (χ0n) is 17.8. The number of benzene rings is 3. The van der Waals surface area contributed by atoms with Crippen LogP contribution >= 0.6 is 23.8 Å². The third kappa shape index (κ3) is 4.62. The first-order valence-electron chi connectivity index (χ1n) is 9.95. The lowest BCUT2D eigenvalue weighted by Crippen LogP contribution is -2.24. The maximum absolute atomic E-state index is 13.3. The first-order chi connectivity index (χ1) is 15.9. The number of nitrogens with zero attached hydrogens (tertiary/aromatic N) is 1. The summed E-state index contributed by atoms with van der Waals surface area (Å²) in [5.74, 6) is 0.738. The second-order valence-corrected chi connectivity index (χ2v) is 8.00. The van der Waals surface area contributed by atoms with Crippen LogP contribution in [0.2, 0.25) is 5.02 Å². The number of aromatic nitrogens is 2. The molecule has 3 aromatic carbocycles. The second-order valence-electron chi connectivity index (χ2n) is 7.18. The summed E-state index contributed by atoms with van der Waals surface area (Å²) in [5.41, 5.74) is 1.84. The molecule has 1 heterocycles. The fourth-order valence-corrected chi connectivity index (χ4v) is 3.98. The molecular weight excluding hydrogens is 462 g/mol. The van der Waals surface area contributed by atoms with Crippen LogP contribution in [0.3, 0.4) is 0 Å². The molecule has 4 rings (SSSR count). The van der Waals surface area contributed by atoms with Crippen molar-refractivity contribution in [3.63, 3.8) is 0 Å². The Bertz CT molecular complexity index is 1480. The lowest BCUT2D eigenvalue weighted by molar-refractivity contribution is 0.0951. The number of hydrogen-bond acceptors (Lipinski definition) is 5. The van der Waals surface area contributed by atoms with Gasteiger partial charge >= 0.3 is 0 Å². The highest BCUT2D eigenvalue weighted by atomic mass is 35.5. The van der Waals surface area contributed by atoms with E-state index in [0.717, 1.165) is 5.56 Å². The van der Waals surface area contributed by atoms with E-state index in [1.165, 1.54) is 18.8 Å². The minimum atomic E-state index is -0.341. The monoisotopic (exact) mass is 481 g/mol. The highest BCUT2D eigenvalue weighted by molar-refractivity contribution is 7.71. The number of hydrogen-bond donors (Lipinski definition) is 2. The largest absolute Gasteiger partial charge is 0.497 e. The number of aromatic amines is 1. The lowest BCUT2D eigenvalue weighted by Gasteiger charge is -2.14. The number of amides is 1. The van der Waals surface area contributed by atoms with Crippen LogP contribution in [0.15, 0.2) is 65.5 Å². The Hall–Kier alpha value is -3.62. The first kappa shape index (κ1) is 22.6. The van der Waals surface area contributed by atoms with Crippen molar-refractivity contribution in [3.05, 3.63) is 91.9 Å². The molecule has 1 amide bonds. The predicted octanol–water partition coefficient (Wildman–Crippen LogP) is 4.65. The average molecular weight is 482 g/mol. The highest BCUT2D eigenvalue weighted by Gasteiger charge is 2.15. The molecule has 0 spiro atoms. The van der Waals surface area contributed by atoms with Gasteiger partial charge in [-0.1, -0.05) is 23.7 Å². The number of ether oxygens (including phenoxy) is 2. The zero-order valence-corrected chi connectivity index (χ0v) is 19.4. The Morgan fingerprint density at radius 3 is 2.64 bits per heavy atom. The van der Waals surface area contributed by atoms with Crippen molar-refractivity contribution < 1.29 is 14.3 Å². The van der Waals surface area contributed by atoms with Crippen molar-refractivity contribution in [2.45, 2.75) is 6.54 Å². The van der Waals surface area contributed by atoms with E-state index in [9.17, 15) is 9.59 Å². The van der Waals surface area contributed by atoms with Crippen LogP contribution in [0.4, 0.5) is 0 Å². The number of halogens is 1. The van der Waals surface area contributed by atoms with Gasteiger partial charge in [0, 0.05) is 23.2 Å². The van der Waals surface area contributed by atoms with E-state index >= 15 is 0 Å². The Morgan fingerprint density at radius 2 is 1.91 bits per heavy atom. The molecule has 0 aliphatic carbocycles. The summed E-state index contributed by atoms with van der Waals surface area (Å²) in [5, 5.41) is 3.83. The molecule has 0 saturated heterocycles. The van der Waals surface area contributed by atoms with Gasteiger partial charge in [0.1, 0.15) is 11.5 Å². The zero-order chi connectivity index (χ0) is 23.5. The summed E-state index contributed by atoms with van der Waals surface area (Å²) in [4.78, 5) is 29.0. The summed E-state index contributed by atoms with van der Waals surface area (Å²) in [6, 6.07) is 17.2. The predicted molar refractivity (Wildman–Crippen MR) is 130 cm³/mol. The molecule has 0 radical (unpaired) electrons. The number of methoxy groups -OCH3 is 2. The normalized spacial score (nSPS) is 10.8. The molecule has 4 aromatic rings. The van der Waals surface area contributed by atoms with Gasteiger partial charge in [0.2, 0.25) is 0 Å². The molecule has 1 aromatic heterocycles. The SMILES string of the molecule is COc1ccc(OC)c(-n2c(=S)[nH]c3cc(C(=O)NCc4cccc(Cl)c4)ccc3c2=O)c1. The van der Waals surface area contributed by atoms with Gasteiger partial charge in [0.15, 0.2) is 4.77 Å².